The van der Waals surface area contributed by atoms with E-state index < -0.39 is 10.0 Å². The third-order valence-corrected chi connectivity index (χ3v) is 7.02. The Morgan fingerprint density at radius 1 is 0.719 bits per heavy atom. The van der Waals surface area contributed by atoms with E-state index in [-0.39, 0.29) is 10.8 Å². The number of para-hydroxylation sites is 1. The number of sulfonamides is 1. The predicted molar refractivity (Wildman–Crippen MR) is 129 cm³/mol. The summed E-state index contributed by atoms with van der Waals surface area (Å²) in [6.07, 6.45) is 0. The van der Waals surface area contributed by atoms with Gasteiger partial charge in [0.05, 0.1) is 10.6 Å². The third-order valence-electron chi connectivity index (χ3n) is 4.54. The van der Waals surface area contributed by atoms with Gasteiger partial charge in [-0.15, -0.1) is 0 Å². The average molecular weight is 461 g/mol. The first-order valence-corrected chi connectivity index (χ1v) is 12.1. The van der Waals surface area contributed by atoms with Gasteiger partial charge in [0, 0.05) is 21.0 Å². The molecule has 0 aliphatic heterocycles. The fourth-order valence-electron chi connectivity index (χ4n) is 3.01. The van der Waals surface area contributed by atoms with Gasteiger partial charge in [-0.25, -0.2) is 8.42 Å². The Kier molecular flexibility index (Phi) is 6.58. The van der Waals surface area contributed by atoms with Crippen LogP contribution in [0, 0.1) is 0 Å². The molecule has 0 aliphatic rings. The maximum absolute atomic E-state index is 12.9. The molecule has 4 rings (SSSR count). The van der Waals surface area contributed by atoms with E-state index in [0.29, 0.717) is 16.9 Å². The van der Waals surface area contributed by atoms with E-state index in [1.165, 1.54) is 18.2 Å². The Balaban J connectivity index is 1.52. The van der Waals surface area contributed by atoms with Crippen molar-refractivity contribution in [3.63, 3.8) is 0 Å². The number of carbonyl (C=O) groups is 1. The Bertz CT molecular complexity index is 1330. The van der Waals surface area contributed by atoms with Crippen molar-refractivity contribution in [3.8, 4) is 0 Å². The molecule has 0 bridgehead atoms. The van der Waals surface area contributed by atoms with E-state index in [2.05, 4.69) is 10.0 Å². The van der Waals surface area contributed by atoms with Crippen molar-refractivity contribution in [1.29, 1.82) is 0 Å². The number of nitrogens with one attached hydrogen (secondary N) is 2. The lowest BCUT2D eigenvalue weighted by atomic mass is 10.2. The lowest BCUT2D eigenvalue weighted by Gasteiger charge is -2.12. The van der Waals surface area contributed by atoms with Crippen molar-refractivity contribution in [3.05, 3.63) is 115 Å². The number of benzene rings is 4. The van der Waals surface area contributed by atoms with Crippen molar-refractivity contribution in [2.24, 2.45) is 0 Å². The summed E-state index contributed by atoms with van der Waals surface area (Å²) in [7, 11) is -3.74. The molecule has 0 aromatic heterocycles. The van der Waals surface area contributed by atoms with Gasteiger partial charge in [-0.05, 0) is 54.6 Å². The fraction of sp³-hybridized carbons (Fsp3) is 0. The summed E-state index contributed by atoms with van der Waals surface area (Å²) < 4.78 is 27.7. The molecular formula is C25H20N2O3S2. The average Bonchev–Trinajstić information content (AvgIpc) is 2.81. The Labute approximate surface area is 191 Å². The van der Waals surface area contributed by atoms with Crippen molar-refractivity contribution in [1.82, 2.24) is 0 Å². The summed E-state index contributed by atoms with van der Waals surface area (Å²) >= 11 is 1.55. The van der Waals surface area contributed by atoms with E-state index in [9.17, 15) is 13.2 Å². The standard InChI is InChI=1S/C25H20N2O3S2/c28-25(26-23-16-7-8-17-24(23)31-21-12-3-1-4-13-21)19-10-9-11-20(18-19)27-32(29,30)22-14-5-2-6-15-22/h1-18,27H,(H,26,28). The minimum atomic E-state index is -3.74. The Hall–Kier alpha value is -3.55. The van der Waals surface area contributed by atoms with Crippen LogP contribution in [0.2, 0.25) is 0 Å². The number of hydrogen-bond acceptors (Lipinski definition) is 4. The molecule has 4 aromatic carbocycles. The molecule has 0 spiro atoms. The zero-order valence-corrected chi connectivity index (χ0v) is 18.6. The van der Waals surface area contributed by atoms with Crippen molar-refractivity contribution in [2.75, 3.05) is 10.0 Å². The van der Waals surface area contributed by atoms with Crippen LogP contribution in [0.1, 0.15) is 10.4 Å². The van der Waals surface area contributed by atoms with Gasteiger partial charge in [0.2, 0.25) is 0 Å². The molecule has 0 unspecified atom stereocenters. The summed E-state index contributed by atoms with van der Waals surface area (Å²) in [6, 6.07) is 31.9. The first-order valence-electron chi connectivity index (χ1n) is 9.82. The van der Waals surface area contributed by atoms with Crippen LogP contribution in [0.25, 0.3) is 0 Å². The molecule has 32 heavy (non-hydrogen) atoms. The van der Waals surface area contributed by atoms with E-state index in [4.69, 9.17) is 0 Å². The highest BCUT2D eigenvalue weighted by Gasteiger charge is 2.15. The van der Waals surface area contributed by atoms with Crippen LogP contribution in [0.15, 0.2) is 124 Å². The second-order valence-electron chi connectivity index (χ2n) is 6.86. The summed E-state index contributed by atoms with van der Waals surface area (Å²) in [4.78, 5) is 15.0. The molecular weight excluding hydrogens is 440 g/mol. The van der Waals surface area contributed by atoms with E-state index in [1.54, 1.807) is 48.2 Å². The molecule has 4 aromatic rings. The molecule has 0 atom stereocenters. The first-order chi connectivity index (χ1) is 15.5. The van der Waals surface area contributed by atoms with Crippen molar-refractivity contribution in [2.45, 2.75) is 14.7 Å². The fourth-order valence-corrected chi connectivity index (χ4v) is 5.00. The SMILES string of the molecule is O=C(Nc1ccccc1Sc1ccccc1)c1cccc(NS(=O)(=O)c2ccccc2)c1. The number of anilines is 2. The van der Waals surface area contributed by atoms with Crippen LogP contribution in [-0.2, 0) is 10.0 Å². The maximum Gasteiger partial charge on any atom is 0.261 e. The van der Waals surface area contributed by atoms with Gasteiger partial charge >= 0.3 is 0 Å². The highest BCUT2D eigenvalue weighted by molar-refractivity contribution is 7.99. The van der Waals surface area contributed by atoms with Gasteiger partial charge in [0.25, 0.3) is 15.9 Å². The number of hydrogen-bond donors (Lipinski definition) is 2. The molecule has 0 fully saturated rings. The van der Waals surface area contributed by atoms with Crippen LogP contribution in [0.3, 0.4) is 0 Å². The lowest BCUT2D eigenvalue weighted by Crippen LogP contribution is -2.15. The van der Waals surface area contributed by atoms with Crippen LogP contribution in [0.5, 0.6) is 0 Å². The Morgan fingerprint density at radius 3 is 2.12 bits per heavy atom. The van der Waals surface area contributed by atoms with Gasteiger partial charge < -0.3 is 5.32 Å². The molecule has 1 amide bonds. The van der Waals surface area contributed by atoms with Crippen molar-refractivity contribution < 1.29 is 13.2 Å². The van der Waals surface area contributed by atoms with Crippen LogP contribution in [-0.4, -0.2) is 14.3 Å². The third kappa shape index (κ3) is 5.38. The van der Waals surface area contributed by atoms with Crippen LogP contribution < -0.4 is 10.0 Å². The summed E-state index contributed by atoms with van der Waals surface area (Å²) in [5.74, 6) is -0.327. The molecule has 2 N–H and O–H groups in total. The zero-order valence-electron chi connectivity index (χ0n) is 16.9. The van der Waals surface area contributed by atoms with E-state index in [1.807, 2.05) is 54.6 Å². The Morgan fingerprint density at radius 2 is 1.38 bits per heavy atom. The minimum absolute atomic E-state index is 0.154. The number of carbonyl (C=O) groups excluding carboxylic acids is 1. The lowest BCUT2D eigenvalue weighted by molar-refractivity contribution is 0.102. The second kappa shape index (κ2) is 9.72. The molecule has 0 radical (unpaired) electrons. The molecule has 7 heteroatoms. The molecule has 0 aliphatic carbocycles. The van der Waals surface area contributed by atoms with Crippen LogP contribution >= 0.6 is 11.8 Å². The summed E-state index contributed by atoms with van der Waals surface area (Å²) in [5.41, 5.74) is 1.34. The molecule has 5 nitrogen and oxygen atoms in total. The van der Waals surface area contributed by atoms with Crippen LogP contribution in [0.4, 0.5) is 11.4 Å². The molecule has 0 saturated heterocycles. The molecule has 0 heterocycles. The van der Waals surface area contributed by atoms with Crippen molar-refractivity contribution >= 4 is 39.1 Å². The number of rotatable bonds is 7. The topological polar surface area (TPSA) is 75.3 Å². The summed E-state index contributed by atoms with van der Waals surface area (Å²) in [6.45, 7) is 0. The largest absolute Gasteiger partial charge is 0.321 e. The zero-order chi connectivity index (χ0) is 22.4. The van der Waals surface area contributed by atoms with Gasteiger partial charge in [-0.3, -0.25) is 9.52 Å². The van der Waals surface area contributed by atoms with E-state index in [0.717, 1.165) is 9.79 Å². The van der Waals surface area contributed by atoms with Gasteiger partial charge in [0.15, 0.2) is 0 Å². The number of amides is 1. The predicted octanol–water partition coefficient (Wildman–Crippen LogP) is 5.89. The normalized spacial score (nSPS) is 11.0. The van der Waals surface area contributed by atoms with Gasteiger partial charge in [0.1, 0.15) is 0 Å². The first kappa shape index (κ1) is 21.7. The molecule has 160 valence electrons. The minimum Gasteiger partial charge on any atom is -0.321 e. The highest BCUT2D eigenvalue weighted by atomic mass is 32.2. The molecule has 0 saturated carbocycles. The van der Waals surface area contributed by atoms with Gasteiger partial charge in [-0.2, -0.15) is 0 Å². The monoisotopic (exact) mass is 460 g/mol. The quantitative estimate of drug-likeness (QED) is 0.361. The smallest absolute Gasteiger partial charge is 0.261 e. The maximum atomic E-state index is 12.9. The summed E-state index contributed by atoms with van der Waals surface area (Å²) in [5, 5.41) is 2.93. The second-order valence-corrected chi connectivity index (χ2v) is 9.66. The highest BCUT2D eigenvalue weighted by Crippen LogP contribution is 2.33. The van der Waals surface area contributed by atoms with Gasteiger partial charge in [-0.1, -0.05) is 66.4 Å². The van der Waals surface area contributed by atoms with E-state index >= 15 is 0 Å².